The van der Waals surface area contributed by atoms with Gasteiger partial charge in [-0.2, -0.15) is 0 Å². The Morgan fingerprint density at radius 2 is 1.23 bits per heavy atom. The number of benzene rings is 4. The van der Waals surface area contributed by atoms with Crippen LogP contribution < -0.4 is 4.74 Å². The van der Waals surface area contributed by atoms with Crippen LogP contribution in [0.4, 0.5) is 0 Å². The molecule has 43 heavy (non-hydrogen) atoms. The van der Waals surface area contributed by atoms with Gasteiger partial charge in [-0.15, -0.1) is 0 Å². The smallest absolute Gasteiger partial charge is 0.344 e. The fourth-order valence-corrected chi connectivity index (χ4v) is 5.17. The van der Waals surface area contributed by atoms with Gasteiger partial charge in [0.1, 0.15) is 22.8 Å². The Bertz CT molecular complexity index is 1680. The van der Waals surface area contributed by atoms with Crippen LogP contribution >= 0.6 is 0 Å². The van der Waals surface area contributed by atoms with E-state index in [0.29, 0.717) is 16.7 Å². The summed E-state index contributed by atoms with van der Waals surface area (Å²) < 4.78 is 5.93. The standard InChI is InChI=1S/C38H42O5/c1-36(2,3)24-18-19-25(28(20-24)37(4,5)6)26-22-31(40)29(38(7,8)9)21-27(26)35(42)43-32-17-13-16-30(39)33(32)34(41)23-14-11-10-12-15-23/h10-22,39-40H,1-9H3. The summed E-state index contributed by atoms with van der Waals surface area (Å²) in [5.41, 5.74) is 3.77. The van der Waals surface area contributed by atoms with Crippen molar-refractivity contribution in [1.29, 1.82) is 0 Å². The van der Waals surface area contributed by atoms with Crippen molar-refractivity contribution in [3.63, 3.8) is 0 Å². The van der Waals surface area contributed by atoms with E-state index in [0.717, 1.165) is 16.7 Å². The molecule has 5 heteroatoms. The average molecular weight is 579 g/mol. The number of ketones is 1. The molecule has 224 valence electrons. The fraction of sp³-hybridized carbons (Fsp3) is 0.316. The number of aromatic hydroxyl groups is 2. The number of carbonyl (C=O) groups excluding carboxylic acids is 2. The van der Waals surface area contributed by atoms with Crippen molar-refractivity contribution in [2.45, 2.75) is 78.6 Å². The third kappa shape index (κ3) is 6.67. The van der Waals surface area contributed by atoms with Crippen LogP contribution in [0.5, 0.6) is 17.2 Å². The highest BCUT2D eigenvalue weighted by Crippen LogP contribution is 2.42. The van der Waals surface area contributed by atoms with E-state index in [-0.39, 0.29) is 39.2 Å². The third-order valence-corrected chi connectivity index (χ3v) is 7.62. The molecule has 0 unspecified atom stereocenters. The SMILES string of the molecule is CC(C)(C)c1ccc(-c2cc(O)c(C(C)(C)C)cc2C(=O)Oc2cccc(O)c2C(=O)c2ccccc2)c(C(C)(C)C)c1. The number of carbonyl (C=O) groups is 2. The normalized spacial score (nSPS) is 12.2. The third-order valence-electron chi connectivity index (χ3n) is 7.62. The predicted molar refractivity (Wildman–Crippen MR) is 173 cm³/mol. The van der Waals surface area contributed by atoms with Gasteiger partial charge in [-0.25, -0.2) is 4.79 Å². The van der Waals surface area contributed by atoms with Gasteiger partial charge >= 0.3 is 5.97 Å². The van der Waals surface area contributed by atoms with Crippen LogP contribution in [0.2, 0.25) is 0 Å². The van der Waals surface area contributed by atoms with E-state index in [9.17, 15) is 19.8 Å². The largest absolute Gasteiger partial charge is 0.508 e. The predicted octanol–water partition coefficient (Wildman–Crippen LogP) is 9.11. The van der Waals surface area contributed by atoms with Crippen molar-refractivity contribution in [2.24, 2.45) is 0 Å². The minimum atomic E-state index is -0.701. The lowest BCUT2D eigenvalue weighted by Crippen LogP contribution is -2.19. The van der Waals surface area contributed by atoms with Crippen LogP contribution in [-0.4, -0.2) is 22.0 Å². The Kier molecular flexibility index (Phi) is 8.34. The summed E-state index contributed by atoms with van der Waals surface area (Å²) in [4.78, 5) is 27.5. The zero-order valence-electron chi connectivity index (χ0n) is 26.6. The highest BCUT2D eigenvalue weighted by Gasteiger charge is 2.30. The monoisotopic (exact) mass is 578 g/mol. The molecule has 0 aliphatic heterocycles. The lowest BCUT2D eigenvalue weighted by atomic mass is 9.76. The maximum Gasteiger partial charge on any atom is 0.344 e. The summed E-state index contributed by atoms with van der Waals surface area (Å²) >= 11 is 0. The maximum atomic E-state index is 14.1. The molecule has 0 saturated carbocycles. The Labute approximate surface area is 255 Å². The van der Waals surface area contributed by atoms with Gasteiger partial charge in [0, 0.05) is 16.7 Å². The molecule has 0 radical (unpaired) electrons. The molecule has 0 amide bonds. The Hall–Kier alpha value is -4.38. The minimum absolute atomic E-state index is 0.0469. The minimum Gasteiger partial charge on any atom is -0.508 e. The molecule has 0 spiro atoms. The second kappa shape index (κ2) is 11.4. The van der Waals surface area contributed by atoms with Gasteiger partial charge in [0.2, 0.25) is 5.78 Å². The van der Waals surface area contributed by atoms with Gasteiger partial charge < -0.3 is 14.9 Å². The van der Waals surface area contributed by atoms with Crippen LogP contribution in [-0.2, 0) is 16.2 Å². The first-order chi connectivity index (χ1) is 19.9. The van der Waals surface area contributed by atoms with Crippen LogP contribution in [0.15, 0.2) is 78.9 Å². The molecule has 4 aromatic rings. The van der Waals surface area contributed by atoms with Crippen molar-refractivity contribution in [1.82, 2.24) is 0 Å². The van der Waals surface area contributed by atoms with Crippen LogP contribution in [0.3, 0.4) is 0 Å². The number of rotatable bonds is 5. The summed E-state index contributed by atoms with van der Waals surface area (Å²) in [6, 6.07) is 22.5. The molecule has 0 heterocycles. The van der Waals surface area contributed by atoms with Crippen LogP contribution in [0, 0.1) is 0 Å². The number of esters is 1. The summed E-state index contributed by atoms with van der Waals surface area (Å²) in [5, 5.41) is 21.9. The summed E-state index contributed by atoms with van der Waals surface area (Å²) in [6.07, 6.45) is 0. The van der Waals surface area contributed by atoms with Gasteiger partial charge in [-0.1, -0.05) is 117 Å². The first kappa shape index (κ1) is 31.6. The summed E-state index contributed by atoms with van der Waals surface area (Å²) in [7, 11) is 0. The molecule has 0 saturated heterocycles. The molecule has 0 aliphatic rings. The van der Waals surface area contributed by atoms with E-state index in [4.69, 9.17) is 4.74 Å². The van der Waals surface area contributed by atoms with Gasteiger partial charge in [0.15, 0.2) is 0 Å². The molecule has 0 fully saturated rings. The Morgan fingerprint density at radius 1 is 0.605 bits per heavy atom. The van der Waals surface area contributed by atoms with E-state index in [2.05, 4.69) is 53.7 Å². The van der Waals surface area contributed by atoms with Crippen molar-refractivity contribution < 1.29 is 24.5 Å². The molecule has 0 aromatic heterocycles. The lowest BCUT2D eigenvalue weighted by molar-refractivity contribution is 0.0733. The second-order valence-electron chi connectivity index (χ2n) is 14.2. The highest BCUT2D eigenvalue weighted by atomic mass is 16.5. The molecule has 0 atom stereocenters. The first-order valence-corrected chi connectivity index (χ1v) is 14.6. The van der Waals surface area contributed by atoms with Crippen molar-refractivity contribution in [3.8, 4) is 28.4 Å². The van der Waals surface area contributed by atoms with Crippen LogP contribution in [0.25, 0.3) is 11.1 Å². The molecule has 4 aromatic carbocycles. The number of ether oxygens (including phenoxy) is 1. The Morgan fingerprint density at radius 3 is 1.81 bits per heavy atom. The summed E-state index contributed by atoms with van der Waals surface area (Å²) in [5.74, 6) is -1.41. The molecule has 0 aliphatic carbocycles. The number of hydrogen-bond acceptors (Lipinski definition) is 5. The molecule has 5 nitrogen and oxygen atoms in total. The van der Waals surface area contributed by atoms with Crippen molar-refractivity contribution in [2.75, 3.05) is 0 Å². The molecule has 4 rings (SSSR count). The zero-order chi connectivity index (χ0) is 31.9. The maximum absolute atomic E-state index is 14.1. The van der Waals surface area contributed by atoms with Gasteiger partial charge in [0.05, 0.1) is 5.56 Å². The molecular formula is C38H42O5. The quantitative estimate of drug-likeness (QED) is 0.140. The molecular weight excluding hydrogens is 536 g/mol. The van der Waals surface area contributed by atoms with Gasteiger partial charge in [-0.05, 0) is 57.2 Å². The van der Waals surface area contributed by atoms with Gasteiger partial charge in [-0.3, -0.25) is 4.79 Å². The number of phenolic OH excluding ortho intramolecular Hbond substituents is 2. The van der Waals surface area contributed by atoms with Gasteiger partial charge in [0.25, 0.3) is 0 Å². The lowest BCUT2D eigenvalue weighted by Gasteiger charge is -2.29. The van der Waals surface area contributed by atoms with E-state index >= 15 is 0 Å². The second-order valence-corrected chi connectivity index (χ2v) is 14.2. The molecule has 0 bridgehead atoms. The average Bonchev–Trinajstić information content (AvgIpc) is 2.91. The first-order valence-electron chi connectivity index (χ1n) is 14.6. The Balaban J connectivity index is 1.93. The topological polar surface area (TPSA) is 83.8 Å². The van der Waals surface area contributed by atoms with E-state index in [1.54, 1.807) is 42.5 Å². The van der Waals surface area contributed by atoms with Crippen molar-refractivity contribution >= 4 is 11.8 Å². The highest BCUT2D eigenvalue weighted by molar-refractivity contribution is 6.13. The molecule has 2 N–H and O–H groups in total. The van der Waals surface area contributed by atoms with E-state index in [1.807, 2.05) is 26.8 Å². The summed E-state index contributed by atoms with van der Waals surface area (Å²) in [6.45, 7) is 18.7. The van der Waals surface area contributed by atoms with E-state index < -0.39 is 17.2 Å². The van der Waals surface area contributed by atoms with Crippen molar-refractivity contribution in [3.05, 3.63) is 112 Å². The number of hydrogen-bond donors (Lipinski definition) is 2. The fourth-order valence-electron chi connectivity index (χ4n) is 5.17. The van der Waals surface area contributed by atoms with E-state index in [1.165, 1.54) is 18.2 Å². The van der Waals surface area contributed by atoms with Crippen LogP contribution in [0.1, 0.15) is 105 Å². The number of phenols is 2. The zero-order valence-corrected chi connectivity index (χ0v) is 26.6.